The SMILES string of the molecule is c1ccc(-c2ccccc2-c2ccccc2-c2ccccc2N(c2ccc(-c3cccc4ccccc34)cc2)c2ccccc2-c2ccccc2)cc1. The van der Waals surface area contributed by atoms with Crippen LogP contribution in [0.25, 0.3) is 66.4 Å². The third-order valence-electron chi connectivity index (χ3n) is 10.1. The Hall–Kier alpha value is -6.96. The van der Waals surface area contributed by atoms with E-state index in [2.05, 4.69) is 229 Å². The summed E-state index contributed by atoms with van der Waals surface area (Å²) in [5.41, 5.74) is 15.3. The molecule has 9 aromatic carbocycles. The number of rotatable bonds is 8. The molecule has 9 rings (SSSR count). The number of benzene rings is 9. The lowest BCUT2D eigenvalue weighted by molar-refractivity contribution is 1.28. The molecule has 0 unspecified atom stereocenters. The lowest BCUT2D eigenvalue weighted by Gasteiger charge is -2.30. The minimum Gasteiger partial charge on any atom is -0.309 e. The summed E-state index contributed by atoms with van der Waals surface area (Å²) in [7, 11) is 0. The van der Waals surface area contributed by atoms with Gasteiger partial charge in [-0.1, -0.05) is 200 Å². The number of fused-ring (bicyclic) bond motifs is 1. The van der Waals surface area contributed by atoms with Crippen LogP contribution in [0.5, 0.6) is 0 Å². The molecule has 0 N–H and O–H groups in total. The first-order chi connectivity index (χ1) is 26.3. The topological polar surface area (TPSA) is 3.24 Å². The number of anilines is 3. The molecule has 9 aromatic rings. The molecular weight excluding hydrogens is 639 g/mol. The first-order valence-corrected chi connectivity index (χ1v) is 18.2. The molecule has 0 bridgehead atoms. The van der Waals surface area contributed by atoms with E-state index in [1.165, 1.54) is 60.8 Å². The van der Waals surface area contributed by atoms with E-state index in [1.54, 1.807) is 0 Å². The van der Waals surface area contributed by atoms with Crippen molar-refractivity contribution >= 4 is 27.8 Å². The van der Waals surface area contributed by atoms with E-state index in [4.69, 9.17) is 0 Å². The van der Waals surface area contributed by atoms with Crippen molar-refractivity contribution in [3.8, 4) is 55.6 Å². The number of para-hydroxylation sites is 2. The summed E-state index contributed by atoms with van der Waals surface area (Å²) >= 11 is 0. The first-order valence-electron chi connectivity index (χ1n) is 18.2. The Balaban J connectivity index is 1.25. The molecule has 0 aliphatic rings. The fraction of sp³-hybridized carbons (Fsp3) is 0. The van der Waals surface area contributed by atoms with Gasteiger partial charge in [0.15, 0.2) is 0 Å². The highest BCUT2D eigenvalue weighted by Gasteiger charge is 2.22. The minimum absolute atomic E-state index is 1.09. The quantitative estimate of drug-likeness (QED) is 0.155. The lowest BCUT2D eigenvalue weighted by atomic mass is 9.88. The van der Waals surface area contributed by atoms with Gasteiger partial charge in [0.25, 0.3) is 0 Å². The van der Waals surface area contributed by atoms with Gasteiger partial charge < -0.3 is 4.90 Å². The average Bonchev–Trinajstić information content (AvgIpc) is 3.25. The second-order valence-electron chi connectivity index (χ2n) is 13.3. The molecule has 250 valence electrons. The summed E-state index contributed by atoms with van der Waals surface area (Å²) in [5.74, 6) is 0. The maximum Gasteiger partial charge on any atom is 0.0540 e. The summed E-state index contributed by atoms with van der Waals surface area (Å²) < 4.78 is 0. The summed E-state index contributed by atoms with van der Waals surface area (Å²) in [4.78, 5) is 2.43. The van der Waals surface area contributed by atoms with Crippen molar-refractivity contribution in [2.45, 2.75) is 0 Å². The average molecular weight is 676 g/mol. The van der Waals surface area contributed by atoms with Crippen LogP contribution in [0.2, 0.25) is 0 Å². The molecule has 0 saturated carbocycles. The van der Waals surface area contributed by atoms with Crippen LogP contribution >= 0.6 is 0 Å². The molecule has 0 radical (unpaired) electrons. The van der Waals surface area contributed by atoms with Gasteiger partial charge >= 0.3 is 0 Å². The molecular formula is C52H37N. The summed E-state index contributed by atoms with van der Waals surface area (Å²) in [6.45, 7) is 0. The standard InChI is InChI=1S/C52H37N/c1-3-18-38(19-4-1)45-25-9-10-27-47(45)48-28-11-12-29-49(48)50-30-14-16-33-52(50)53(51-32-15-13-26-46(51)40-20-5-2-6-21-40)42-36-34-41(35-37-42)44-31-17-23-39-22-7-8-24-43(39)44/h1-37H. The van der Waals surface area contributed by atoms with Crippen LogP contribution in [0, 0.1) is 0 Å². The van der Waals surface area contributed by atoms with E-state index in [1.807, 2.05) is 0 Å². The molecule has 0 heterocycles. The normalized spacial score (nSPS) is 11.0. The summed E-state index contributed by atoms with van der Waals surface area (Å²) in [6.07, 6.45) is 0. The maximum absolute atomic E-state index is 2.43. The molecule has 0 aliphatic heterocycles. The molecule has 0 atom stereocenters. The van der Waals surface area contributed by atoms with Gasteiger partial charge in [0.2, 0.25) is 0 Å². The van der Waals surface area contributed by atoms with Gasteiger partial charge in [0, 0.05) is 16.8 Å². The monoisotopic (exact) mass is 675 g/mol. The Bertz CT molecular complexity index is 2650. The Kier molecular flexibility index (Phi) is 8.66. The van der Waals surface area contributed by atoms with Crippen molar-refractivity contribution in [3.63, 3.8) is 0 Å². The van der Waals surface area contributed by atoms with Crippen LogP contribution < -0.4 is 4.90 Å². The lowest BCUT2D eigenvalue weighted by Crippen LogP contribution is -2.12. The minimum atomic E-state index is 1.09. The Labute approximate surface area is 311 Å². The molecule has 0 saturated heterocycles. The zero-order valence-electron chi connectivity index (χ0n) is 29.3. The fourth-order valence-corrected chi connectivity index (χ4v) is 7.64. The highest BCUT2D eigenvalue weighted by molar-refractivity contribution is 6.00. The van der Waals surface area contributed by atoms with Crippen molar-refractivity contribution in [3.05, 3.63) is 224 Å². The van der Waals surface area contributed by atoms with E-state index in [-0.39, 0.29) is 0 Å². The molecule has 0 amide bonds. The third-order valence-corrected chi connectivity index (χ3v) is 10.1. The molecule has 0 aromatic heterocycles. The van der Waals surface area contributed by atoms with Crippen molar-refractivity contribution in [2.24, 2.45) is 0 Å². The molecule has 0 spiro atoms. The first kappa shape index (κ1) is 32.0. The Morgan fingerprint density at radius 2 is 0.623 bits per heavy atom. The van der Waals surface area contributed by atoms with Gasteiger partial charge in [-0.15, -0.1) is 0 Å². The van der Waals surface area contributed by atoms with Crippen LogP contribution in [-0.4, -0.2) is 0 Å². The Morgan fingerprint density at radius 1 is 0.226 bits per heavy atom. The van der Waals surface area contributed by atoms with Gasteiger partial charge in [0.05, 0.1) is 11.4 Å². The molecule has 53 heavy (non-hydrogen) atoms. The predicted octanol–water partition coefficient (Wildman–Crippen LogP) is 14.6. The highest BCUT2D eigenvalue weighted by atomic mass is 15.1. The number of nitrogens with zero attached hydrogens (tertiary/aromatic N) is 1. The van der Waals surface area contributed by atoms with E-state index in [0.717, 1.165) is 22.6 Å². The van der Waals surface area contributed by atoms with Gasteiger partial charge in [-0.25, -0.2) is 0 Å². The van der Waals surface area contributed by atoms with Crippen LogP contribution in [0.15, 0.2) is 224 Å². The van der Waals surface area contributed by atoms with E-state index >= 15 is 0 Å². The van der Waals surface area contributed by atoms with Gasteiger partial charge in [-0.2, -0.15) is 0 Å². The van der Waals surface area contributed by atoms with E-state index in [9.17, 15) is 0 Å². The second-order valence-corrected chi connectivity index (χ2v) is 13.3. The van der Waals surface area contributed by atoms with Gasteiger partial charge in [-0.3, -0.25) is 0 Å². The highest BCUT2D eigenvalue weighted by Crippen LogP contribution is 2.47. The van der Waals surface area contributed by atoms with Crippen LogP contribution in [0.1, 0.15) is 0 Å². The van der Waals surface area contributed by atoms with Gasteiger partial charge in [0.1, 0.15) is 0 Å². The fourth-order valence-electron chi connectivity index (χ4n) is 7.64. The third kappa shape index (κ3) is 6.20. The van der Waals surface area contributed by atoms with Crippen LogP contribution in [-0.2, 0) is 0 Å². The second kappa shape index (κ2) is 14.3. The van der Waals surface area contributed by atoms with Gasteiger partial charge in [-0.05, 0) is 79.5 Å². The number of hydrogen-bond donors (Lipinski definition) is 0. The smallest absolute Gasteiger partial charge is 0.0540 e. The number of hydrogen-bond acceptors (Lipinski definition) is 1. The predicted molar refractivity (Wildman–Crippen MR) is 226 cm³/mol. The van der Waals surface area contributed by atoms with Crippen molar-refractivity contribution < 1.29 is 0 Å². The zero-order valence-corrected chi connectivity index (χ0v) is 29.3. The zero-order chi connectivity index (χ0) is 35.4. The molecule has 1 nitrogen and oxygen atoms in total. The van der Waals surface area contributed by atoms with E-state index in [0.29, 0.717) is 0 Å². The van der Waals surface area contributed by atoms with Crippen molar-refractivity contribution in [2.75, 3.05) is 4.90 Å². The van der Waals surface area contributed by atoms with Crippen molar-refractivity contribution in [1.29, 1.82) is 0 Å². The summed E-state index contributed by atoms with van der Waals surface area (Å²) in [5, 5.41) is 2.50. The maximum atomic E-state index is 2.43. The summed E-state index contributed by atoms with van der Waals surface area (Å²) in [6, 6.07) is 80.8. The van der Waals surface area contributed by atoms with Crippen LogP contribution in [0.4, 0.5) is 17.1 Å². The van der Waals surface area contributed by atoms with Crippen LogP contribution in [0.3, 0.4) is 0 Å². The molecule has 0 aliphatic carbocycles. The molecule has 1 heteroatoms. The van der Waals surface area contributed by atoms with Crippen molar-refractivity contribution in [1.82, 2.24) is 0 Å². The molecule has 0 fully saturated rings. The largest absolute Gasteiger partial charge is 0.309 e. The Morgan fingerprint density at radius 3 is 1.28 bits per heavy atom. The van der Waals surface area contributed by atoms with E-state index < -0.39 is 0 Å².